The summed E-state index contributed by atoms with van der Waals surface area (Å²) in [5.74, 6) is -6.39. The topological polar surface area (TPSA) is 186 Å². The Balaban J connectivity index is 1.97. The predicted molar refractivity (Wildman–Crippen MR) is 121 cm³/mol. The van der Waals surface area contributed by atoms with E-state index in [1.54, 1.807) is 32.8 Å². The second-order valence-corrected chi connectivity index (χ2v) is 9.57. The second-order valence-electron chi connectivity index (χ2n) is 9.57. The van der Waals surface area contributed by atoms with Gasteiger partial charge in [0.05, 0.1) is 17.8 Å². The van der Waals surface area contributed by atoms with Gasteiger partial charge in [-0.3, -0.25) is 14.4 Å². The number of pyridine rings is 1. The van der Waals surface area contributed by atoms with Crippen molar-refractivity contribution < 1.29 is 34.8 Å². The van der Waals surface area contributed by atoms with Crippen LogP contribution in [0.5, 0.6) is 5.75 Å². The van der Waals surface area contributed by atoms with Crippen molar-refractivity contribution in [1.82, 2.24) is 10.3 Å². The number of amides is 1. The third kappa shape index (κ3) is 3.11. The van der Waals surface area contributed by atoms with E-state index in [-0.39, 0.29) is 35.8 Å². The van der Waals surface area contributed by atoms with Gasteiger partial charge in [0.1, 0.15) is 28.7 Å². The molecule has 11 heteroatoms. The zero-order valence-corrected chi connectivity index (χ0v) is 19.3. The van der Waals surface area contributed by atoms with Gasteiger partial charge in [0.15, 0.2) is 11.4 Å². The zero-order valence-electron chi connectivity index (χ0n) is 19.3. The Hall–Kier alpha value is -3.44. The smallest absolute Gasteiger partial charge is 0.255 e. The molecule has 0 aromatic carbocycles. The first-order valence-electron chi connectivity index (χ1n) is 10.9. The molecule has 1 saturated carbocycles. The fourth-order valence-electron chi connectivity index (χ4n) is 5.49. The highest BCUT2D eigenvalue weighted by Crippen LogP contribution is 2.52. The van der Waals surface area contributed by atoms with Crippen LogP contribution in [0.4, 0.5) is 5.82 Å². The van der Waals surface area contributed by atoms with E-state index in [0.29, 0.717) is 11.4 Å². The molecule has 0 saturated heterocycles. The number of ketones is 2. The number of anilines is 1. The molecule has 1 aromatic heterocycles. The van der Waals surface area contributed by atoms with Gasteiger partial charge in [-0.25, -0.2) is 4.98 Å². The Kier molecular flexibility index (Phi) is 5.45. The first-order chi connectivity index (χ1) is 15.8. The molecule has 4 rings (SSSR count). The number of aromatic hydroxyl groups is 1. The number of nitrogens with one attached hydrogen (secondary N) is 1. The quantitative estimate of drug-likeness (QED) is 0.322. The minimum Gasteiger partial charge on any atom is -0.508 e. The maximum atomic E-state index is 13.7. The summed E-state index contributed by atoms with van der Waals surface area (Å²) in [7, 11) is 3.49. The summed E-state index contributed by atoms with van der Waals surface area (Å²) >= 11 is 0. The summed E-state index contributed by atoms with van der Waals surface area (Å²) in [4.78, 5) is 44.8. The van der Waals surface area contributed by atoms with Gasteiger partial charge < -0.3 is 36.4 Å². The molecule has 0 radical (unpaired) electrons. The molecule has 182 valence electrons. The number of carbonyl (C=O) groups excluding carboxylic acids is 3. The van der Waals surface area contributed by atoms with E-state index < -0.39 is 58.0 Å². The van der Waals surface area contributed by atoms with E-state index in [0.717, 1.165) is 6.20 Å². The number of aliphatic hydroxyl groups is 3. The van der Waals surface area contributed by atoms with Crippen LogP contribution in [-0.4, -0.2) is 74.7 Å². The second kappa shape index (κ2) is 7.81. The van der Waals surface area contributed by atoms with Crippen molar-refractivity contribution in [2.45, 2.75) is 44.4 Å². The lowest BCUT2D eigenvalue weighted by Gasteiger charge is -2.49. The molecule has 3 aliphatic rings. The Bertz CT molecular complexity index is 1190. The van der Waals surface area contributed by atoms with Gasteiger partial charge in [0, 0.05) is 37.2 Å². The molecule has 0 bridgehead atoms. The van der Waals surface area contributed by atoms with Gasteiger partial charge in [-0.15, -0.1) is 0 Å². The fraction of sp³-hybridized carbons (Fsp3) is 0.478. The Morgan fingerprint density at radius 3 is 2.47 bits per heavy atom. The SMILES string of the molecule is CC(C)N[C@@H]1C(=O)C(C(N)=O)=C(O)[C@@]2(O)C(=O)C3=C(O)c4c(O)cnc(N(C)C)c4C[C@H]3C[C@@H]12. The number of nitrogens with zero attached hydrogens (tertiary/aromatic N) is 2. The lowest BCUT2D eigenvalue weighted by atomic mass is 9.57. The molecule has 3 aliphatic carbocycles. The first-order valence-corrected chi connectivity index (χ1v) is 10.9. The highest BCUT2D eigenvalue weighted by Gasteiger charge is 2.63. The predicted octanol–water partition coefficient (Wildman–Crippen LogP) is -0.139. The van der Waals surface area contributed by atoms with Crippen molar-refractivity contribution in [3.05, 3.63) is 34.2 Å². The largest absolute Gasteiger partial charge is 0.508 e. The lowest BCUT2D eigenvalue weighted by molar-refractivity contribution is -0.150. The van der Waals surface area contributed by atoms with Crippen LogP contribution in [0.25, 0.3) is 5.76 Å². The molecule has 1 amide bonds. The van der Waals surface area contributed by atoms with E-state index in [4.69, 9.17) is 5.73 Å². The molecular weight excluding hydrogens is 444 g/mol. The fourth-order valence-corrected chi connectivity index (χ4v) is 5.49. The van der Waals surface area contributed by atoms with E-state index in [9.17, 15) is 34.8 Å². The van der Waals surface area contributed by atoms with Gasteiger partial charge in [0.2, 0.25) is 5.78 Å². The lowest BCUT2D eigenvalue weighted by Crippen LogP contribution is -2.66. The Morgan fingerprint density at radius 1 is 1.26 bits per heavy atom. The number of fused-ring (bicyclic) bond motifs is 3. The molecule has 1 fully saturated rings. The number of hydrogen-bond donors (Lipinski definition) is 6. The van der Waals surface area contributed by atoms with Crippen molar-refractivity contribution in [2.75, 3.05) is 19.0 Å². The third-order valence-electron chi connectivity index (χ3n) is 6.87. The summed E-state index contributed by atoms with van der Waals surface area (Å²) in [6.07, 6.45) is 1.37. The van der Waals surface area contributed by atoms with Crippen molar-refractivity contribution in [3.8, 4) is 5.75 Å². The average molecular weight is 472 g/mol. The van der Waals surface area contributed by atoms with Crippen molar-refractivity contribution in [3.63, 3.8) is 0 Å². The standard InChI is InChI=1S/C23H28N4O7/c1-8(2)26-16-11-6-9-5-10-14(12(28)7-25-22(10)27(3)4)17(29)13(9)19(31)23(11,34)20(32)15(18(16)30)21(24)33/h7-9,11,16,26,28-29,32,34H,5-6H2,1-4H3,(H2,24,33)/t9-,11-,16-,23-/m0/s1. The third-order valence-corrected chi connectivity index (χ3v) is 6.87. The van der Waals surface area contributed by atoms with Crippen LogP contribution in [0.15, 0.2) is 23.1 Å². The molecule has 4 atom stereocenters. The van der Waals surface area contributed by atoms with Crippen molar-refractivity contribution in [1.29, 1.82) is 0 Å². The van der Waals surface area contributed by atoms with Gasteiger partial charge >= 0.3 is 0 Å². The van der Waals surface area contributed by atoms with E-state index in [1.807, 2.05) is 0 Å². The number of hydrogen-bond acceptors (Lipinski definition) is 10. The van der Waals surface area contributed by atoms with Crippen LogP contribution in [0, 0.1) is 11.8 Å². The number of rotatable bonds is 4. The Morgan fingerprint density at radius 2 is 1.91 bits per heavy atom. The number of aliphatic hydroxyl groups excluding tert-OH is 2. The highest BCUT2D eigenvalue weighted by atomic mass is 16.3. The molecule has 1 heterocycles. The van der Waals surface area contributed by atoms with Crippen molar-refractivity contribution in [2.24, 2.45) is 17.6 Å². The van der Waals surface area contributed by atoms with Gasteiger partial charge in [-0.1, -0.05) is 13.8 Å². The normalized spacial score (nSPS) is 28.6. The van der Waals surface area contributed by atoms with Crippen LogP contribution in [0.3, 0.4) is 0 Å². The van der Waals surface area contributed by atoms with Crippen LogP contribution >= 0.6 is 0 Å². The minimum atomic E-state index is -2.66. The number of Topliss-reactive ketones (excluding diaryl/α,β-unsaturated/α-hetero) is 2. The van der Waals surface area contributed by atoms with Gasteiger partial charge in [0.25, 0.3) is 5.91 Å². The van der Waals surface area contributed by atoms with Crippen LogP contribution < -0.4 is 16.0 Å². The molecule has 1 aromatic rings. The maximum Gasteiger partial charge on any atom is 0.255 e. The molecule has 11 nitrogen and oxygen atoms in total. The van der Waals surface area contributed by atoms with E-state index in [1.165, 1.54) is 0 Å². The summed E-state index contributed by atoms with van der Waals surface area (Å²) in [5.41, 5.74) is 2.16. The highest BCUT2D eigenvalue weighted by molar-refractivity contribution is 6.24. The zero-order chi connectivity index (χ0) is 25.3. The van der Waals surface area contributed by atoms with E-state index >= 15 is 0 Å². The first kappa shape index (κ1) is 23.7. The molecule has 0 spiro atoms. The number of carbonyl (C=O) groups is 3. The minimum absolute atomic E-state index is 0.0164. The van der Waals surface area contributed by atoms with Crippen LogP contribution in [-0.2, 0) is 20.8 Å². The molecule has 0 unspecified atom stereocenters. The van der Waals surface area contributed by atoms with Crippen molar-refractivity contribution >= 4 is 29.1 Å². The Labute approximate surface area is 195 Å². The maximum absolute atomic E-state index is 13.7. The van der Waals surface area contributed by atoms with Gasteiger partial charge in [-0.2, -0.15) is 0 Å². The van der Waals surface area contributed by atoms with E-state index in [2.05, 4.69) is 10.3 Å². The number of nitrogens with two attached hydrogens (primary N) is 1. The monoisotopic (exact) mass is 472 g/mol. The number of aromatic nitrogens is 1. The summed E-state index contributed by atoms with van der Waals surface area (Å²) in [5, 5.41) is 46.9. The van der Waals surface area contributed by atoms with Crippen LogP contribution in [0.2, 0.25) is 0 Å². The molecule has 0 aliphatic heterocycles. The average Bonchev–Trinajstić information content (AvgIpc) is 2.73. The number of primary amides is 1. The van der Waals surface area contributed by atoms with Gasteiger partial charge in [-0.05, 0) is 18.8 Å². The molecular formula is C23H28N4O7. The molecule has 7 N–H and O–H groups in total. The summed E-state index contributed by atoms with van der Waals surface area (Å²) < 4.78 is 0. The summed E-state index contributed by atoms with van der Waals surface area (Å²) in [6, 6.07) is -1.44. The summed E-state index contributed by atoms with van der Waals surface area (Å²) in [6.45, 7) is 3.51. The van der Waals surface area contributed by atoms with Crippen LogP contribution in [0.1, 0.15) is 31.4 Å². The molecule has 34 heavy (non-hydrogen) atoms.